The molecule has 21 heavy (non-hydrogen) atoms. The number of halogens is 2. The van der Waals surface area contributed by atoms with Gasteiger partial charge in [0.05, 0.1) is 16.9 Å². The van der Waals surface area contributed by atoms with Crippen molar-refractivity contribution < 1.29 is 14.7 Å². The number of hydrogen-bond acceptors (Lipinski definition) is 3. The molecule has 0 aliphatic heterocycles. The summed E-state index contributed by atoms with van der Waals surface area (Å²) in [4.78, 5) is 27.1. The number of nitrogens with zero attached hydrogens (tertiary/aromatic N) is 1. The summed E-state index contributed by atoms with van der Waals surface area (Å²) in [6, 6.07) is 7.84. The van der Waals surface area contributed by atoms with Crippen molar-refractivity contribution in [3.63, 3.8) is 0 Å². The Bertz CT molecular complexity index is 734. The third-order valence-electron chi connectivity index (χ3n) is 2.73. The van der Waals surface area contributed by atoms with E-state index in [4.69, 9.17) is 16.7 Å². The van der Waals surface area contributed by atoms with Crippen molar-refractivity contribution in [2.45, 2.75) is 6.92 Å². The van der Waals surface area contributed by atoms with Crippen LogP contribution >= 0.6 is 34.2 Å². The van der Waals surface area contributed by atoms with Gasteiger partial charge in [-0.05, 0) is 59.8 Å². The van der Waals surface area contributed by atoms with Crippen LogP contribution in [-0.2, 0) is 0 Å². The SMILES string of the molecule is Cc1nc(C(=O)Nc2ccc(Cl)cc2I)ccc1C(=O)O. The molecular formula is C14H10ClIN2O3. The summed E-state index contributed by atoms with van der Waals surface area (Å²) in [6.45, 7) is 1.55. The predicted molar refractivity (Wildman–Crippen MR) is 88.1 cm³/mol. The van der Waals surface area contributed by atoms with Crippen molar-refractivity contribution in [1.82, 2.24) is 4.98 Å². The number of anilines is 1. The Morgan fingerprint density at radius 1 is 1.29 bits per heavy atom. The van der Waals surface area contributed by atoms with Gasteiger partial charge in [-0.25, -0.2) is 9.78 Å². The van der Waals surface area contributed by atoms with Crippen LogP contribution in [0.5, 0.6) is 0 Å². The smallest absolute Gasteiger partial charge is 0.337 e. The van der Waals surface area contributed by atoms with E-state index in [1.165, 1.54) is 12.1 Å². The molecule has 0 spiro atoms. The van der Waals surface area contributed by atoms with Crippen LogP contribution in [0.4, 0.5) is 5.69 Å². The van der Waals surface area contributed by atoms with Crippen molar-refractivity contribution in [3.8, 4) is 0 Å². The van der Waals surface area contributed by atoms with Crippen molar-refractivity contribution in [3.05, 3.63) is 55.9 Å². The van der Waals surface area contributed by atoms with Crippen molar-refractivity contribution >= 4 is 51.8 Å². The molecule has 0 aliphatic carbocycles. The number of carbonyl (C=O) groups is 2. The maximum absolute atomic E-state index is 12.1. The number of amides is 1. The molecule has 0 unspecified atom stereocenters. The number of pyridine rings is 1. The summed E-state index contributed by atoms with van der Waals surface area (Å²) >= 11 is 7.91. The number of rotatable bonds is 3. The number of aromatic carboxylic acids is 1. The number of aromatic nitrogens is 1. The molecule has 108 valence electrons. The summed E-state index contributed by atoms with van der Waals surface area (Å²) in [7, 11) is 0. The van der Waals surface area contributed by atoms with Gasteiger partial charge >= 0.3 is 5.97 Å². The summed E-state index contributed by atoms with van der Waals surface area (Å²) in [5.41, 5.74) is 1.14. The fourth-order valence-electron chi connectivity index (χ4n) is 1.69. The normalized spacial score (nSPS) is 10.2. The fourth-order valence-corrected chi connectivity index (χ4v) is 2.70. The summed E-state index contributed by atoms with van der Waals surface area (Å²) in [5, 5.41) is 12.2. The van der Waals surface area contributed by atoms with Gasteiger partial charge in [-0.3, -0.25) is 4.79 Å². The molecular weight excluding hydrogens is 407 g/mol. The quantitative estimate of drug-likeness (QED) is 0.750. The number of hydrogen-bond donors (Lipinski definition) is 2. The lowest BCUT2D eigenvalue weighted by Gasteiger charge is -2.08. The maximum atomic E-state index is 12.1. The highest BCUT2D eigenvalue weighted by Gasteiger charge is 2.14. The molecule has 0 aliphatic rings. The zero-order valence-electron chi connectivity index (χ0n) is 10.9. The fraction of sp³-hybridized carbons (Fsp3) is 0.0714. The van der Waals surface area contributed by atoms with Crippen molar-refractivity contribution in [2.75, 3.05) is 5.32 Å². The Balaban J connectivity index is 2.24. The number of carbonyl (C=O) groups excluding carboxylic acids is 1. The van der Waals surface area contributed by atoms with E-state index < -0.39 is 11.9 Å². The third-order valence-corrected chi connectivity index (χ3v) is 3.86. The van der Waals surface area contributed by atoms with Gasteiger partial charge in [0.1, 0.15) is 5.69 Å². The van der Waals surface area contributed by atoms with Gasteiger partial charge in [0, 0.05) is 8.59 Å². The van der Waals surface area contributed by atoms with E-state index in [2.05, 4.69) is 32.9 Å². The second-order valence-corrected chi connectivity index (χ2v) is 5.81. The molecule has 2 rings (SSSR count). The van der Waals surface area contributed by atoms with Gasteiger partial charge in [-0.15, -0.1) is 0 Å². The minimum Gasteiger partial charge on any atom is -0.478 e. The number of carboxylic acids is 1. The Labute approximate surface area is 139 Å². The summed E-state index contributed by atoms with van der Waals surface area (Å²) in [5.74, 6) is -1.48. The molecule has 0 radical (unpaired) electrons. The van der Waals surface area contributed by atoms with Gasteiger partial charge in [-0.1, -0.05) is 11.6 Å². The topological polar surface area (TPSA) is 79.3 Å². The number of carboxylic acid groups (broad SMARTS) is 1. The number of nitrogens with one attached hydrogen (secondary N) is 1. The first-order valence-electron chi connectivity index (χ1n) is 5.86. The lowest BCUT2D eigenvalue weighted by atomic mass is 10.2. The van der Waals surface area contributed by atoms with Crippen LogP contribution in [0, 0.1) is 10.5 Å². The van der Waals surface area contributed by atoms with E-state index in [0.29, 0.717) is 16.4 Å². The first-order valence-corrected chi connectivity index (χ1v) is 7.31. The Morgan fingerprint density at radius 3 is 2.57 bits per heavy atom. The second kappa shape index (κ2) is 6.40. The van der Waals surface area contributed by atoms with E-state index in [1.54, 1.807) is 25.1 Å². The molecule has 0 saturated carbocycles. The van der Waals surface area contributed by atoms with Crippen LogP contribution in [0.2, 0.25) is 5.02 Å². The highest BCUT2D eigenvalue weighted by Crippen LogP contribution is 2.22. The van der Waals surface area contributed by atoms with E-state index in [-0.39, 0.29) is 11.3 Å². The molecule has 0 atom stereocenters. The molecule has 0 fully saturated rings. The molecule has 0 bridgehead atoms. The zero-order valence-corrected chi connectivity index (χ0v) is 13.8. The van der Waals surface area contributed by atoms with E-state index >= 15 is 0 Å². The average molecular weight is 417 g/mol. The first-order chi connectivity index (χ1) is 9.88. The summed E-state index contributed by atoms with van der Waals surface area (Å²) in [6.07, 6.45) is 0. The van der Waals surface area contributed by atoms with Crippen LogP contribution in [0.25, 0.3) is 0 Å². The van der Waals surface area contributed by atoms with Gasteiger partial charge in [0.2, 0.25) is 0 Å². The standard InChI is InChI=1S/C14H10ClIN2O3/c1-7-9(14(20)21)3-5-12(17-7)13(19)18-11-4-2-8(15)6-10(11)16/h2-6H,1H3,(H,18,19)(H,20,21). The van der Waals surface area contributed by atoms with Crippen molar-refractivity contribution in [2.24, 2.45) is 0 Å². The van der Waals surface area contributed by atoms with Crippen LogP contribution < -0.4 is 5.32 Å². The van der Waals surface area contributed by atoms with Gasteiger partial charge in [0.25, 0.3) is 5.91 Å². The molecule has 1 aromatic carbocycles. The first kappa shape index (κ1) is 15.7. The second-order valence-electron chi connectivity index (χ2n) is 4.21. The molecule has 1 aromatic heterocycles. The maximum Gasteiger partial charge on any atom is 0.337 e. The molecule has 7 heteroatoms. The average Bonchev–Trinajstić information content (AvgIpc) is 2.41. The van der Waals surface area contributed by atoms with Crippen molar-refractivity contribution in [1.29, 1.82) is 0 Å². The Kier molecular flexibility index (Phi) is 4.79. The van der Waals surface area contributed by atoms with Gasteiger partial charge in [-0.2, -0.15) is 0 Å². The van der Waals surface area contributed by atoms with E-state index in [1.807, 2.05) is 0 Å². The van der Waals surface area contributed by atoms with Crippen LogP contribution in [-0.4, -0.2) is 22.0 Å². The van der Waals surface area contributed by atoms with E-state index in [0.717, 1.165) is 3.57 Å². The Hall–Kier alpha value is -1.67. The predicted octanol–water partition coefficient (Wildman–Crippen LogP) is 3.60. The largest absolute Gasteiger partial charge is 0.478 e. The van der Waals surface area contributed by atoms with Gasteiger partial charge < -0.3 is 10.4 Å². The van der Waals surface area contributed by atoms with Gasteiger partial charge in [0.15, 0.2) is 0 Å². The molecule has 1 amide bonds. The minimum absolute atomic E-state index is 0.0765. The third kappa shape index (κ3) is 3.70. The lowest BCUT2D eigenvalue weighted by molar-refractivity contribution is 0.0695. The molecule has 0 saturated heterocycles. The highest BCUT2D eigenvalue weighted by molar-refractivity contribution is 14.1. The van der Waals surface area contributed by atoms with E-state index in [9.17, 15) is 9.59 Å². The minimum atomic E-state index is -1.07. The molecule has 1 heterocycles. The monoisotopic (exact) mass is 416 g/mol. The van der Waals surface area contributed by atoms with Crippen LogP contribution in [0.1, 0.15) is 26.5 Å². The highest BCUT2D eigenvalue weighted by atomic mass is 127. The lowest BCUT2D eigenvalue weighted by Crippen LogP contribution is -2.16. The number of aryl methyl sites for hydroxylation is 1. The molecule has 5 nitrogen and oxygen atoms in total. The molecule has 2 aromatic rings. The Morgan fingerprint density at radius 2 is 2.00 bits per heavy atom. The summed E-state index contributed by atoms with van der Waals surface area (Å²) < 4.78 is 0.798. The van der Waals surface area contributed by atoms with Crippen LogP contribution in [0.15, 0.2) is 30.3 Å². The number of benzene rings is 1. The van der Waals surface area contributed by atoms with Crippen LogP contribution in [0.3, 0.4) is 0 Å². The zero-order chi connectivity index (χ0) is 15.6. The molecule has 2 N–H and O–H groups in total.